The summed E-state index contributed by atoms with van der Waals surface area (Å²) < 4.78 is 6.73. The fraction of sp³-hybridized carbons (Fsp3) is 0.0909. The molecule has 0 radical (unpaired) electrons. The van der Waals surface area contributed by atoms with Gasteiger partial charge in [0.25, 0.3) is 11.8 Å². The second kappa shape index (κ2) is 8.44. The minimum atomic E-state index is -0.347. The number of hydrogen-bond acceptors (Lipinski definition) is 5. The van der Waals surface area contributed by atoms with Gasteiger partial charge in [0, 0.05) is 11.3 Å². The number of benzene rings is 2. The van der Waals surface area contributed by atoms with Crippen molar-refractivity contribution in [1.29, 1.82) is 0 Å². The van der Waals surface area contributed by atoms with Gasteiger partial charge in [-0.05, 0) is 61.0 Å². The van der Waals surface area contributed by atoms with Crippen molar-refractivity contribution in [3.8, 4) is 5.69 Å². The minimum Gasteiger partial charge on any atom is -0.459 e. The molecule has 2 N–H and O–H groups in total. The summed E-state index contributed by atoms with van der Waals surface area (Å²) in [6, 6.07) is 17.4. The van der Waals surface area contributed by atoms with E-state index in [1.165, 1.54) is 12.6 Å². The fourth-order valence-corrected chi connectivity index (χ4v) is 2.93. The fourth-order valence-electron chi connectivity index (χ4n) is 2.93. The second-order valence-electron chi connectivity index (χ2n) is 6.64. The lowest BCUT2D eigenvalue weighted by molar-refractivity contribution is 0.0939. The molecule has 2 amide bonds. The van der Waals surface area contributed by atoms with E-state index in [0.717, 1.165) is 11.3 Å². The minimum absolute atomic E-state index is 0.180. The predicted molar refractivity (Wildman–Crippen MR) is 110 cm³/mol. The van der Waals surface area contributed by atoms with Gasteiger partial charge in [0.15, 0.2) is 5.76 Å². The predicted octanol–water partition coefficient (Wildman–Crippen LogP) is 3.60. The first kappa shape index (κ1) is 19.1. The van der Waals surface area contributed by atoms with E-state index in [4.69, 9.17) is 4.42 Å². The molecule has 4 aromatic rings. The smallest absolute Gasteiger partial charge is 0.291 e. The molecule has 0 aliphatic rings. The molecule has 0 fully saturated rings. The molecular formula is C22H19N5O3. The van der Waals surface area contributed by atoms with Crippen molar-refractivity contribution in [3.05, 3.63) is 96.5 Å². The van der Waals surface area contributed by atoms with Crippen molar-refractivity contribution in [2.24, 2.45) is 0 Å². The van der Waals surface area contributed by atoms with Gasteiger partial charge in [0.1, 0.15) is 12.7 Å². The van der Waals surface area contributed by atoms with Gasteiger partial charge in [-0.15, -0.1) is 0 Å². The third kappa shape index (κ3) is 4.27. The number of hydrogen-bond donors (Lipinski definition) is 2. The van der Waals surface area contributed by atoms with E-state index < -0.39 is 0 Å². The van der Waals surface area contributed by atoms with E-state index in [0.29, 0.717) is 11.3 Å². The van der Waals surface area contributed by atoms with Gasteiger partial charge in [0.2, 0.25) is 0 Å². The number of carbonyl (C=O) groups excluding carboxylic acids is 2. The first-order chi connectivity index (χ1) is 14.6. The molecule has 0 spiro atoms. The van der Waals surface area contributed by atoms with Crippen LogP contribution >= 0.6 is 0 Å². The molecule has 0 aliphatic carbocycles. The lowest BCUT2D eigenvalue weighted by atomic mass is 10.1. The van der Waals surface area contributed by atoms with Crippen molar-refractivity contribution in [3.63, 3.8) is 0 Å². The number of amides is 2. The summed E-state index contributed by atoms with van der Waals surface area (Å²) in [7, 11) is 0. The number of nitrogens with zero attached hydrogens (tertiary/aromatic N) is 3. The van der Waals surface area contributed by atoms with Crippen LogP contribution < -0.4 is 10.6 Å². The normalized spacial score (nSPS) is 11.6. The Hall–Kier alpha value is -4.20. The highest BCUT2D eigenvalue weighted by atomic mass is 16.3. The molecule has 4 rings (SSSR count). The van der Waals surface area contributed by atoms with Gasteiger partial charge in [-0.1, -0.05) is 12.1 Å². The van der Waals surface area contributed by atoms with E-state index in [1.807, 2.05) is 31.2 Å². The van der Waals surface area contributed by atoms with Crippen LogP contribution in [0.15, 0.2) is 84.0 Å². The Morgan fingerprint density at radius 1 is 1.00 bits per heavy atom. The SMILES string of the molecule is CC(NC(=O)c1ccc(NC(=O)c2ccco2)cc1)c1ccc(-n2cncn2)cc1. The molecule has 0 bridgehead atoms. The topological polar surface area (TPSA) is 102 Å². The van der Waals surface area contributed by atoms with Crippen LogP contribution in [0.4, 0.5) is 5.69 Å². The quantitative estimate of drug-likeness (QED) is 0.514. The number of carbonyl (C=O) groups is 2. The summed E-state index contributed by atoms with van der Waals surface area (Å²) >= 11 is 0. The average Bonchev–Trinajstić information content (AvgIpc) is 3.48. The average molecular weight is 401 g/mol. The zero-order valence-electron chi connectivity index (χ0n) is 16.1. The molecule has 150 valence electrons. The van der Waals surface area contributed by atoms with Crippen LogP contribution in [0.2, 0.25) is 0 Å². The van der Waals surface area contributed by atoms with Crippen molar-refractivity contribution in [2.45, 2.75) is 13.0 Å². The van der Waals surface area contributed by atoms with Gasteiger partial charge < -0.3 is 15.1 Å². The highest BCUT2D eigenvalue weighted by molar-refractivity contribution is 6.02. The molecule has 8 nitrogen and oxygen atoms in total. The van der Waals surface area contributed by atoms with E-state index >= 15 is 0 Å². The Morgan fingerprint density at radius 3 is 2.40 bits per heavy atom. The van der Waals surface area contributed by atoms with Crippen LogP contribution in [-0.4, -0.2) is 26.6 Å². The van der Waals surface area contributed by atoms with Crippen molar-refractivity contribution >= 4 is 17.5 Å². The number of rotatable bonds is 6. The number of nitrogens with one attached hydrogen (secondary N) is 2. The first-order valence-corrected chi connectivity index (χ1v) is 9.31. The third-order valence-electron chi connectivity index (χ3n) is 4.57. The molecule has 1 unspecified atom stereocenters. The van der Waals surface area contributed by atoms with Gasteiger partial charge in [-0.25, -0.2) is 9.67 Å². The summed E-state index contributed by atoms with van der Waals surface area (Å²) in [5.41, 5.74) is 2.93. The van der Waals surface area contributed by atoms with E-state index in [9.17, 15) is 9.59 Å². The van der Waals surface area contributed by atoms with Crippen LogP contribution in [0.1, 0.15) is 39.4 Å². The second-order valence-corrected chi connectivity index (χ2v) is 6.64. The summed E-state index contributed by atoms with van der Waals surface area (Å²) in [6.45, 7) is 1.92. The summed E-state index contributed by atoms with van der Waals surface area (Å²) in [5.74, 6) is -0.326. The highest BCUT2D eigenvalue weighted by Crippen LogP contribution is 2.17. The van der Waals surface area contributed by atoms with Crippen LogP contribution in [-0.2, 0) is 0 Å². The van der Waals surface area contributed by atoms with Crippen molar-refractivity contribution in [2.75, 3.05) is 5.32 Å². The molecule has 2 heterocycles. The van der Waals surface area contributed by atoms with Gasteiger partial charge in [-0.2, -0.15) is 5.10 Å². The molecular weight excluding hydrogens is 382 g/mol. The van der Waals surface area contributed by atoms with Gasteiger partial charge in [-0.3, -0.25) is 9.59 Å². The van der Waals surface area contributed by atoms with Gasteiger partial charge in [0.05, 0.1) is 18.0 Å². The summed E-state index contributed by atoms with van der Waals surface area (Å²) in [5, 5.41) is 9.78. The zero-order chi connectivity index (χ0) is 20.9. The molecule has 2 aromatic carbocycles. The van der Waals surface area contributed by atoms with Crippen LogP contribution in [0.5, 0.6) is 0 Å². The zero-order valence-corrected chi connectivity index (χ0v) is 16.1. The molecule has 0 saturated carbocycles. The Morgan fingerprint density at radius 2 is 1.77 bits per heavy atom. The number of anilines is 1. The van der Waals surface area contributed by atoms with Gasteiger partial charge >= 0.3 is 0 Å². The Labute approximate surface area is 172 Å². The lowest BCUT2D eigenvalue weighted by Crippen LogP contribution is -2.26. The number of aromatic nitrogens is 3. The third-order valence-corrected chi connectivity index (χ3v) is 4.57. The standard InChI is InChI=1S/C22H19N5O3/c1-15(16-6-10-19(11-7-16)27-14-23-13-24-27)25-21(28)17-4-8-18(9-5-17)26-22(29)20-3-2-12-30-20/h2-15H,1H3,(H,25,28)(H,26,29). The maximum absolute atomic E-state index is 12.6. The molecule has 2 aromatic heterocycles. The molecule has 30 heavy (non-hydrogen) atoms. The monoisotopic (exact) mass is 401 g/mol. The molecule has 8 heteroatoms. The Kier molecular flexibility index (Phi) is 5.38. The van der Waals surface area contributed by atoms with E-state index in [2.05, 4.69) is 20.7 Å². The van der Waals surface area contributed by atoms with Crippen LogP contribution in [0, 0.1) is 0 Å². The van der Waals surface area contributed by atoms with Crippen LogP contribution in [0.3, 0.4) is 0 Å². The van der Waals surface area contributed by atoms with Crippen molar-refractivity contribution < 1.29 is 14.0 Å². The lowest BCUT2D eigenvalue weighted by Gasteiger charge is -2.15. The Balaban J connectivity index is 1.36. The molecule has 0 aliphatic heterocycles. The summed E-state index contributed by atoms with van der Waals surface area (Å²) in [6.07, 6.45) is 4.54. The van der Waals surface area contributed by atoms with Crippen molar-refractivity contribution in [1.82, 2.24) is 20.1 Å². The first-order valence-electron chi connectivity index (χ1n) is 9.31. The summed E-state index contributed by atoms with van der Waals surface area (Å²) in [4.78, 5) is 28.5. The highest BCUT2D eigenvalue weighted by Gasteiger charge is 2.13. The molecule has 1 atom stereocenters. The van der Waals surface area contributed by atoms with Crippen LogP contribution in [0.25, 0.3) is 5.69 Å². The van der Waals surface area contributed by atoms with E-state index in [-0.39, 0.29) is 23.6 Å². The number of furan rings is 1. The maximum Gasteiger partial charge on any atom is 0.291 e. The van der Waals surface area contributed by atoms with E-state index in [1.54, 1.807) is 47.4 Å². The maximum atomic E-state index is 12.6. The molecule has 0 saturated heterocycles. The largest absolute Gasteiger partial charge is 0.459 e. The Bertz CT molecular complexity index is 1120.